The molecule has 1 amide bonds. The minimum Gasteiger partial charge on any atom is -0.442 e. The second kappa shape index (κ2) is 15.1. The average Bonchev–Trinajstić information content (AvgIpc) is 3.37. The third-order valence-corrected chi connectivity index (χ3v) is 11.3. The van der Waals surface area contributed by atoms with E-state index in [2.05, 4.69) is 53.7 Å². The molecular formula is C36H60N2O5S. The van der Waals surface area contributed by atoms with Crippen LogP contribution in [0.5, 0.6) is 0 Å². The van der Waals surface area contributed by atoms with Gasteiger partial charge in [-0.2, -0.15) is 4.31 Å². The molecule has 1 aromatic carbocycles. The van der Waals surface area contributed by atoms with Gasteiger partial charge in [0.2, 0.25) is 10.0 Å². The topological polar surface area (TPSA) is 76.2 Å². The summed E-state index contributed by atoms with van der Waals surface area (Å²) in [4.78, 5) is 15.3. The van der Waals surface area contributed by atoms with Crippen molar-refractivity contribution in [2.75, 3.05) is 6.61 Å². The summed E-state index contributed by atoms with van der Waals surface area (Å²) in [5, 5.41) is 0. The number of nitrogens with zero attached hydrogens (tertiary/aromatic N) is 2. The van der Waals surface area contributed by atoms with E-state index >= 15 is 8.42 Å². The standard InChI is InChI=1S/C36H60N2O5S/c1-13-30-21-42-35(31-17-15-14-16-28(31)18-27(12)43-36(39)37(25(8)9)26(10)11)38(30)44(40,41)34-32(23(4)5)19-29(22(2)3)20-33(34)24(6)7/h18-20,22-27,30-31,35H,13-17,21H2,1-12H3/b28-18+/t27-,30+,31+,35+/m0/s1. The predicted molar refractivity (Wildman–Crippen MR) is 180 cm³/mol. The van der Waals surface area contributed by atoms with Gasteiger partial charge >= 0.3 is 6.09 Å². The average molecular weight is 633 g/mol. The van der Waals surface area contributed by atoms with E-state index in [1.54, 1.807) is 9.21 Å². The van der Waals surface area contributed by atoms with Crippen LogP contribution in [-0.2, 0) is 19.5 Å². The van der Waals surface area contributed by atoms with Crippen LogP contribution in [-0.4, -0.2) is 60.8 Å². The quantitative estimate of drug-likeness (QED) is 0.228. The number of hydrogen-bond donors (Lipinski definition) is 0. The third-order valence-electron chi connectivity index (χ3n) is 9.27. The van der Waals surface area contributed by atoms with Crippen LogP contribution >= 0.6 is 0 Å². The highest BCUT2D eigenvalue weighted by Crippen LogP contribution is 2.44. The molecule has 1 aromatic rings. The lowest BCUT2D eigenvalue weighted by molar-refractivity contribution is 0.0215. The van der Waals surface area contributed by atoms with E-state index in [1.807, 2.05) is 47.6 Å². The highest BCUT2D eigenvalue weighted by atomic mass is 32.2. The molecule has 1 heterocycles. The van der Waals surface area contributed by atoms with Crippen molar-refractivity contribution in [3.63, 3.8) is 0 Å². The first-order valence-corrected chi connectivity index (χ1v) is 18.5. The van der Waals surface area contributed by atoms with E-state index in [-0.39, 0.29) is 42.0 Å². The van der Waals surface area contributed by atoms with Gasteiger partial charge in [0.05, 0.1) is 17.5 Å². The molecule has 0 unspecified atom stereocenters. The van der Waals surface area contributed by atoms with Gasteiger partial charge in [0.1, 0.15) is 12.3 Å². The van der Waals surface area contributed by atoms with Gasteiger partial charge in [0.15, 0.2) is 0 Å². The molecule has 3 rings (SSSR count). The molecule has 1 saturated heterocycles. The maximum Gasteiger partial charge on any atom is 0.410 e. The zero-order chi connectivity index (χ0) is 33.1. The molecule has 7 nitrogen and oxygen atoms in total. The molecule has 2 fully saturated rings. The molecule has 1 aliphatic carbocycles. The minimum atomic E-state index is -3.90. The molecule has 4 atom stereocenters. The summed E-state index contributed by atoms with van der Waals surface area (Å²) in [6.07, 6.45) is 5.07. The van der Waals surface area contributed by atoms with Crippen molar-refractivity contribution in [1.29, 1.82) is 0 Å². The van der Waals surface area contributed by atoms with Crippen LogP contribution in [0.1, 0.15) is 150 Å². The van der Waals surface area contributed by atoms with Gasteiger partial charge in [-0.25, -0.2) is 13.2 Å². The van der Waals surface area contributed by atoms with Crippen LogP contribution < -0.4 is 0 Å². The second-order valence-corrected chi connectivity index (χ2v) is 16.2. The van der Waals surface area contributed by atoms with E-state index in [9.17, 15) is 4.79 Å². The Morgan fingerprint density at radius 1 is 0.955 bits per heavy atom. The first-order chi connectivity index (χ1) is 20.5. The van der Waals surface area contributed by atoms with Gasteiger partial charge in [-0.15, -0.1) is 0 Å². The lowest BCUT2D eigenvalue weighted by Gasteiger charge is -2.37. The number of rotatable bonds is 11. The van der Waals surface area contributed by atoms with Gasteiger partial charge < -0.3 is 14.4 Å². The summed E-state index contributed by atoms with van der Waals surface area (Å²) < 4.78 is 44.1. The molecule has 8 heteroatoms. The first kappa shape index (κ1) is 36.6. The van der Waals surface area contributed by atoms with Crippen molar-refractivity contribution in [1.82, 2.24) is 9.21 Å². The number of sulfonamides is 1. The second-order valence-electron chi connectivity index (χ2n) is 14.4. The molecule has 0 aromatic heterocycles. The lowest BCUT2D eigenvalue weighted by Crippen LogP contribution is -2.46. The van der Waals surface area contributed by atoms with Gasteiger partial charge in [0, 0.05) is 18.0 Å². The summed E-state index contributed by atoms with van der Waals surface area (Å²) in [6.45, 7) is 24.9. The molecule has 250 valence electrons. The van der Waals surface area contributed by atoms with E-state index in [0.717, 1.165) is 42.4 Å². The largest absolute Gasteiger partial charge is 0.442 e. The molecule has 0 radical (unpaired) electrons. The van der Waals surface area contributed by atoms with Crippen molar-refractivity contribution in [3.8, 4) is 0 Å². The summed E-state index contributed by atoms with van der Waals surface area (Å²) in [7, 11) is -3.90. The number of ether oxygens (including phenoxy) is 2. The van der Waals surface area contributed by atoms with Crippen molar-refractivity contribution >= 4 is 16.1 Å². The summed E-state index contributed by atoms with van der Waals surface area (Å²) in [5.74, 6) is 0.305. The third kappa shape index (κ3) is 7.90. The normalized spacial score (nSPS) is 23.5. The molecular weight excluding hydrogens is 572 g/mol. The summed E-state index contributed by atoms with van der Waals surface area (Å²) >= 11 is 0. The van der Waals surface area contributed by atoms with Crippen molar-refractivity contribution in [2.24, 2.45) is 5.92 Å². The Balaban J connectivity index is 2.07. The summed E-state index contributed by atoms with van der Waals surface area (Å²) in [5.41, 5.74) is 4.08. The predicted octanol–water partition coefficient (Wildman–Crippen LogP) is 8.94. The number of carbonyl (C=O) groups excluding carboxylic acids is 1. The Kier molecular flexibility index (Phi) is 12.6. The van der Waals surface area contributed by atoms with E-state index < -0.39 is 22.4 Å². The lowest BCUT2D eigenvalue weighted by atomic mass is 9.82. The van der Waals surface area contributed by atoms with Gasteiger partial charge in [-0.05, 0) is 101 Å². The number of amides is 1. The van der Waals surface area contributed by atoms with Crippen LogP contribution in [0.2, 0.25) is 0 Å². The highest BCUT2D eigenvalue weighted by molar-refractivity contribution is 7.89. The van der Waals surface area contributed by atoms with Crippen LogP contribution in [0.4, 0.5) is 4.79 Å². The summed E-state index contributed by atoms with van der Waals surface area (Å²) in [6, 6.07) is 4.05. The fraction of sp³-hybridized carbons (Fsp3) is 0.750. The minimum absolute atomic E-state index is 0.0301. The molecule has 0 N–H and O–H groups in total. The number of benzene rings is 1. The van der Waals surface area contributed by atoms with Gasteiger partial charge in [0.25, 0.3) is 0 Å². The Morgan fingerprint density at radius 3 is 2.00 bits per heavy atom. The van der Waals surface area contributed by atoms with Crippen LogP contribution in [0.25, 0.3) is 0 Å². The molecule has 2 aliphatic rings. The van der Waals surface area contributed by atoms with Crippen LogP contribution in [0.15, 0.2) is 28.7 Å². The van der Waals surface area contributed by atoms with E-state index in [4.69, 9.17) is 9.47 Å². The van der Waals surface area contributed by atoms with Crippen molar-refractivity contribution < 1.29 is 22.7 Å². The van der Waals surface area contributed by atoms with E-state index in [1.165, 1.54) is 5.56 Å². The van der Waals surface area contributed by atoms with Crippen molar-refractivity contribution in [2.45, 2.75) is 168 Å². The Hall–Kier alpha value is -1.90. The zero-order valence-electron chi connectivity index (χ0n) is 29.5. The Labute approximate surface area is 268 Å². The zero-order valence-corrected chi connectivity index (χ0v) is 30.3. The molecule has 44 heavy (non-hydrogen) atoms. The smallest absolute Gasteiger partial charge is 0.410 e. The van der Waals surface area contributed by atoms with Crippen LogP contribution in [0, 0.1) is 5.92 Å². The maximum absolute atomic E-state index is 15.0. The maximum atomic E-state index is 15.0. The Bertz CT molecular complexity index is 1230. The first-order valence-electron chi connectivity index (χ1n) is 17.0. The fourth-order valence-corrected chi connectivity index (χ4v) is 9.43. The van der Waals surface area contributed by atoms with Gasteiger partial charge in [-0.3, -0.25) is 0 Å². The van der Waals surface area contributed by atoms with E-state index in [0.29, 0.717) is 23.8 Å². The highest BCUT2D eigenvalue weighted by Gasteiger charge is 2.48. The SMILES string of the molecule is CC[C@@H]1CO[C@H]([C@@H]2CCCC/C2=C\[C@H](C)OC(=O)N(C(C)C)C(C)C)N1S(=O)(=O)c1c(C(C)C)cc(C(C)C)cc1C(C)C. The Morgan fingerprint density at radius 2 is 1.52 bits per heavy atom. The fourth-order valence-electron chi connectivity index (χ4n) is 6.95. The van der Waals surface area contributed by atoms with Crippen molar-refractivity contribution in [3.05, 3.63) is 40.5 Å². The van der Waals surface area contributed by atoms with Crippen LogP contribution in [0.3, 0.4) is 0 Å². The number of carbonyl (C=O) groups is 1. The molecule has 0 bridgehead atoms. The monoisotopic (exact) mass is 632 g/mol. The molecule has 0 spiro atoms. The van der Waals surface area contributed by atoms with Gasteiger partial charge in [-0.1, -0.05) is 72.6 Å². The molecule has 1 aliphatic heterocycles. The molecule has 1 saturated carbocycles. The number of hydrogen-bond acceptors (Lipinski definition) is 5.